The first-order valence-corrected chi connectivity index (χ1v) is 8.25. The summed E-state index contributed by atoms with van der Waals surface area (Å²) in [4.78, 5) is 36.2. The van der Waals surface area contributed by atoms with Gasteiger partial charge in [0.25, 0.3) is 0 Å². The molecule has 2 unspecified atom stereocenters. The summed E-state index contributed by atoms with van der Waals surface area (Å²) in [5.74, 6) is -2.21. The van der Waals surface area contributed by atoms with E-state index in [9.17, 15) is 14.4 Å². The van der Waals surface area contributed by atoms with Crippen LogP contribution in [0.2, 0.25) is 0 Å². The number of ether oxygens (including phenoxy) is 3. The topological polar surface area (TPSA) is 78.9 Å². The summed E-state index contributed by atoms with van der Waals surface area (Å²) in [5, 5.41) is 0. The lowest BCUT2D eigenvalue weighted by Gasteiger charge is -2.20. The van der Waals surface area contributed by atoms with E-state index >= 15 is 0 Å². The van der Waals surface area contributed by atoms with Crippen LogP contribution in [0.5, 0.6) is 0 Å². The maximum absolute atomic E-state index is 12.3. The monoisotopic (exact) mass is 354 g/mol. The average molecular weight is 354 g/mol. The average Bonchev–Trinajstić information content (AvgIpc) is 2.95. The zero-order valence-corrected chi connectivity index (χ0v) is 14.2. The molecule has 0 bridgehead atoms. The number of rotatable bonds is 5. The Morgan fingerprint density at radius 2 is 1.46 bits per heavy atom. The van der Waals surface area contributed by atoms with Gasteiger partial charge in [-0.2, -0.15) is 0 Å². The first kappa shape index (κ1) is 17.7. The summed E-state index contributed by atoms with van der Waals surface area (Å²) in [7, 11) is 0. The van der Waals surface area contributed by atoms with E-state index in [0.717, 1.165) is 0 Å². The highest BCUT2D eigenvalue weighted by Crippen LogP contribution is 2.26. The molecule has 0 aromatic heterocycles. The fourth-order valence-corrected chi connectivity index (χ4v) is 2.67. The summed E-state index contributed by atoms with van der Waals surface area (Å²) in [6.07, 6.45) is -1.66. The van der Waals surface area contributed by atoms with Crippen molar-refractivity contribution in [1.82, 2.24) is 0 Å². The van der Waals surface area contributed by atoms with Crippen LogP contribution in [0.3, 0.4) is 0 Å². The number of cyclic esters (lactones) is 1. The van der Waals surface area contributed by atoms with E-state index in [-0.39, 0.29) is 6.61 Å². The lowest BCUT2D eigenvalue weighted by Crippen LogP contribution is -2.35. The van der Waals surface area contributed by atoms with Gasteiger partial charge in [-0.25, -0.2) is 9.59 Å². The van der Waals surface area contributed by atoms with Gasteiger partial charge >= 0.3 is 17.9 Å². The zero-order valence-electron chi connectivity index (χ0n) is 14.2. The molecule has 3 rings (SSSR count). The van der Waals surface area contributed by atoms with Crippen LogP contribution < -0.4 is 0 Å². The fraction of sp³-hybridized carbons (Fsp3) is 0.250. The Morgan fingerprint density at radius 3 is 2.04 bits per heavy atom. The number of carbonyl (C=O) groups excluding carboxylic acids is 3. The molecule has 0 aliphatic carbocycles. The third kappa shape index (κ3) is 3.91. The van der Waals surface area contributed by atoms with E-state index in [1.807, 2.05) is 0 Å². The van der Waals surface area contributed by atoms with Gasteiger partial charge in [-0.15, -0.1) is 0 Å². The predicted octanol–water partition coefficient (Wildman–Crippen LogP) is 2.63. The van der Waals surface area contributed by atoms with Gasteiger partial charge in [0.2, 0.25) is 0 Å². The van der Waals surface area contributed by atoms with E-state index in [0.29, 0.717) is 11.1 Å². The Labute approximate surface area is 150 Å². The smallest absolute Gasteiger partial charge is 0.338 e. The van der Waals surface area contributed by atoms with Crippen molar-refractivity contribution in [2.75, 3.05) is 6.61 Å². The highest BCUT2D eigenvalue weighted by molar-refractivity contribution is 5.90. The molecule has 0 radical (unpaired) electrons. The molecule has 1 heterocycles. The lowest BCUT2D eigenvalue weighted by molar-refractivity contribution is -0.145. The first-order chi connectivity index (χ1) is 12.6. The van der Waals surface area contributed by atoms with Gasteiger partial charge in [0, 0.05) is 0 Å². The second-order valence-electron chi connectivity index (χ2n) is 5.96. The van der Waals surface area contributed by atoms with E-state index in [2.05, 4.69) is 0 Å². The third-order valence-corrected chi connectivity index (χ3v) is 4.14. The Hall–Kier alpha value is -3.15. The number of hydrogen-bond acceptors (Lipinski definition) is 6. The van der Waals surface area contributed by atoms with E-state index < -0.39 is 36.0 Å². The predicted molar refractivity (Wildman–Crippen MR) is 91.4 cm³/mol. The van der Waals surface area contributed by atoms with Crippen molar-refractivity contribution in [3.63, 3.8) is 0 Å². The highest BCUT2D eigenvalue weighted by atomic mass is 16.6. The van der Waals surface area contributed by atoms with E-state index in [1.165, 1.54) is 0 Å². The van der Waals surface area contributed by atoms with Crippen molar-refractivity contribution >= 4 is 17.9 Å². The van der Waals surface area contributed by atoms with E-state index in [4.69, 9.17) is 14.2 Å². The molecule has 1 fully saturated rings. The fourth-order valence-electron chi connectivity index (χ4n) is 2.67. The molecular formula is C20H18O6. The van der Waals surface area contributed by atoms with Crippen molar-refractivity contribution in [1.29, 1.82) is 0 Å². The van der Waals surface area contributed by atoms with Crippen LogP contribution in [0.1, 0.15) is 27.6 Å². The molecule has 26 heavy (non-hydrogen) atoms. The molecule has 3 atom stereocenters. The van der Waals surface area contributed by atoms with Crippen molar-refractivity contribution in [3.8, 4) is 0 Å². The largest absolute Gasteiger partial charge is 0.458 e. The van der Waals surface area contributed by atoms with Crippen LogP contribution in [-0.2, 0) is 19.0 Å². The summed E-state index contributed by atoms with van der Waals surface area (Å²) in [6, 6.07) is 16.9. The number of esters is 3. The van der Waals surface area contributed by atoms with Gasteiger partial charge in [0.15, 0.2) is 12.2 Å². The van der Waals surface area contributed by atoms with Crippen LogP contribution in [-0.4, -0.2) is 36.7 Å². The van der Waals surface area contributed by atoms with Crippen molar-refractivity contribution in [2.24, 2.45) is 5.92 Å². The van der Waals surface area contributed by atoms with Crippen molar-refractivity contribution in [3.05, 3.63) is 71.8 Å². The van der Waals surface area contributed by atoms with Gasteiger partial charge in [0.05, 0.1) is 17.0 Å². The van der Waals surface area contributed by atoms with Crippen molar-refractivity contribution < 1.29 is 28.6 Å². The van der Waals surface area contributed by atoms with Gasteiger partial charge in [-0.05, 0) is 31.2 Å². The molecule has 0 N–H and O–H groups in total. The summed E-state index contributed by atoms with van der Waals surface area (Å²) < 4.78 is 15.9. The minimum Gasteiger partial charge on any atom is -0.458 e. The molecule has 0 saturated carbocycles. The van der Waals surface area contributed by atoms with Gasteiger partial charge in [-0.3, -0.25) is 4.79 Å². The van der Waals surface area contributed by atoms with Crippen molar-refractivity contribution in [2.45, 2.75) is 19.1 Å². The first-order valence-electron chi connectivity index (χ1n) is 8.25. The Kier molecular flexibility index (Phi) is 5.31. The zero-order chi connectivity index (χ0) is 18.5. The molecule has 6 nitrogen and oxygen atoms in total. The number of benzene rings is 2. The van der Waals surface area contributed by atoms with Crippen LogP contribution in [0, 0.1) is 5.92 Å². The van der Waals surface area contributed by atoms with E-state index in [1.54, 1.807) is 67.6 Å². The van der Waals surface area contributed by atoms with Crippen LogP contribution in [0.25, 0.3) is 0 Å². The molecule has 2 aromatic rings. The van der Waals surface area contributed by atoms with Crippen LogP contribution in [0.15, 0.2) is 60.7 Å². The molecule has 134 valence electrons. The molecule has 1 aliphatic heterocycles. The summed E-state index contributed by atoms with van der Waals surface area (Å²) in [5.41, 5.74) is 0.766. The Bertz CT molecular complexity index is 786. The lowest BCUT2D eigenvalue weighted by atomic mass is 10.0. The minimum absolute atomic E-state index is 0.184. The molecule has 1 aliphatic rings. The molecule has 0 spiro atoms. The Balaban J connectivity index is 1.64. The minimum atomic E-state index is -0.835. The Morgan fingerprint density at radius 1 is 0.923 bits per heavy atom. The third-order valence-electron chi connectivity index (χ3n) is 4.14. The normalized spacial score (nSPS) is 21.7. The second-order valence-corrected chi connectivity index (χ2v) is 5.96. The molecule has 2 aromatic carbocycles. The second kappa shape index (κ2) is 7.82. The highest BCUT2D eigenvalue weighted by Gasteiger charge is 2.45. The molecule has 1 saturated heterocycles. The molecule has 6 heteroatoms. The standard InChI is InChI=1S/C20H18O6/c1-13-17(26-20(23)15-10-6-3-7-11-15)16(25-18(13)21)12-24-19(22)14-8-4-2-5-9-14/h2-11,13,16-17H,12H2,1H3/t13?,16?,17-/m0/s1. The van der Waals surface area contributed by atoms with Crippen LogP contribution in [0.4, 0.5) is 0 Å². The number of hydrogen-bond donors (Lipinski definition) is 0. The quantitative estimate of drug-likeness (QED) is 0.607. The van der Waals surface area contributed by atoms with Gasteiger partial charge in [0.1, 0.15) is 6.61 Å². The molecule has 0 amide bonds. The maximum atomic E-state index is 12.3. The summed E-state index contributed by atoms with van der Waals surface area (Å²) in [6.45, 7) is 1.43. The summed E-state index contributed by atoms with van der Waals surface area (Å²) >= 11 is 0. The number of carbonyl (C=O) groups is 3. The van der Waals surface area contributed by atoms with Gasteiger partial charge in [-0.1, -0.05) is 36.4 Å². The van der Waals surface area contributed by atoms with Crippen LogP contribution >= 0.6 is 0 Å². The SMILES string of the molecule is CC1C(=O)OC(COC(=O)c2ccccc2)[C@H]1OC(=O)c1ccccc1. The maximum Gasteiger partial charge on any atom is 0.338 e. The van der Waals surface area contributed by atoms with Gasteiger partial charge < -0.3 is 14.2 Å². The molecular weight excluding hydrogens is 336 g/mol.